The first-order valence-electron chi connectivity index (χ1n) is 8.56. The molecular weight excluding hydrogens is 344 g/mol. The number of rotatable bonds is 6. The quantitative estimate of drug-likeness (QED) is 0.695. The molecule has 3 rings (SSSR count). The highest BCUT2D eigenvalue weighted by Crippen LogP contribution is 2.39. The number of amides is 2. The number of carbonyl (C=O) groups excluding carboxylic acids is 2. The molecule has 0 spiro atoms. The van der Waals surface area contributed by atoms with Gasteiger partial charge in [-0.3, -0.25) is 19.9 Å². The Balaban J connectivity index is 2.16. The first-order chi connectivity index (χ1) is 13.0. The Morgan fingerprint density at radius 1 is 1.15 bits per heavy atom. The number of carbonyl (C=O) groups is 2. The minimum absolute atomic E-state index is 0.182. The third-order valence-corrected chi connectivity index (χ3v) is 3.95. The normalized spacial score (nSPS) is 10.8. The predicted molar refractivity (Wildman–Crippen MR) is 102 cm³/mol. The standard InChI is InChI=1S/C20H20N4O3/c1-12(2)11-16(25)23-20-17(14-5-3-4-6-15(14)19(21)26)18(24-27-20)13-7-9-22-10-8-13/h3-10,12H,11H2,1-2H3,(H2,21,26)(H,23,25). The second-order valence-corrected chi connectivity index (χ2v) is 6.53. The molecule has 7 nitrogen and oxygen atoms in total. The summed E-state index contributed by atoms with van der Waals surface area (Å²) in [5, 5.41) is 6.89. The third-order valence-electron chi connectivity index (χ3n) is 3.95. The smallest absolute Gasteiger partial charge is 0.249 e. The van der Waals surface area contributed by atoms with E-state index in [0.717, 1.165) is 5.56 Å². The molecule has 0 aliphatic heterocycles. The number of primary amides is 1. The molecule has 0 aliphatic rings. The van der Waals surface area contributed by atoms with E-state index in [1.165, 1.54) is 0 Å². The molecule has 27 heavy (non-hydrogen) atoms. The van der Waals surface area contributed by atoms with Crippen LogP contribution in [0.1, 0.15) is 30.6 Å². The number of nitrogens with two attached hydrogens (primary N) is 1. The van der Waals surface area contributed by atoms with Gasteiger partial charge >= 0.3 is 0 Å². The summed E-state index contributed by atoms with van der Waals surface area (Å²) in [7, 11) is 0. The third kappa shape index (κ3) is 4.03. The number of pyridine rings is 1. The van der Waals surface area contributed by atoms with Crippen molar-refractivity contribution >= 4 is 17.7 Å². The van der Waals surface area contributed by atoms with Crippen LogP contribution in [-0.4, -0.2) is 22.0 Å². The minimum Gasteiger partial charge on any atom is -0.366 e. The van der Waals surface area contributed by atoms with Crippen molar-refractivity contribution in [2.45, 2.75) is 20.3 Å². The number of anilines is 1. The second-order valence-electron chi connectivity index (χ2n) is 6.53. The van der Waals surface area contributed by atoms with Gasteiger partial charge in [-0.1, -0.05) is 37.2 Å². The molecular formula is C20H20N4O3. The largest absolute Gasteiger partial charge is 0.366 e. The van der Waals surface area contributed by atoms with Crippen LogP contribution in [0, 0.1) is 5.92 Å². The lowest BCUT2D eigenvalue weighted by Crippen LogP contribution is -2.15. The highest BCUT2D eigenvalue weighted by atomic mass is 16.5. The average molecular weight is 364 g/mol. The maximum absolute atomic E-state index is 12.3. The summed E-state index contributed by atoms with van der Waals surface area (Å²) in [4.78, 5) is 28.2. The highest BCUT2D eigenvalue weighted by molar-refractivity contribution is 6.05. The molecule has 0 atom stereocenters. The summed E-state index contributed by atoms with van der Waals surface area (Å²) in [5.41, 5.74) is 8.14. The van der Waals surface area contributed by atoms with Crippen LogP contribution in [0.2, 0.25) is 0 Å². The van der Waals surface area contributed by atoms with Crippen molar-refractivity contribution in [1.82, 2.24) is 10.1 Å². The second kappa shape index (κ2) is 7.82. The van der Waals surface area contributed by atoms with Gasteiger partial charge in [0, 0.05) is 35.5 Å². The van der Waals surface area contributed by atoms with Gasteiger partial charge in [-0.25, -0.2) is 0 Å². The Labute approximate surface area is 156 Å². The molecule has 3 aromatic rings. The number of hydrogen-bond donors (Lipinski definition) is 2. The van der Waals surface area contributed by atoms with Crippen LogP contribution in [0.25, 0.3) is 22.4 Å². The van der Waals surface area contributed by atoms with Gasteiger partial charge in [0.25, 0.3) is 0 Å². The molecule has 0 saturated carbocycles. The Morgan fingerprint density at radius 3 is 2.52 bits per heavy atom. The van der Waals surface area contributed by atoms with Crippen LogP contribution in [0.5, 0.6) is 0 Å². The monoisotopic (exact) mass is 364 g/mol. The van der Waals surface area contributed by atoms with Crippen LogP contribution >= 0.6 is 0 Å². The first kappa shape index (κ1) is 18.3. The maximum Gasteiger partial charge on any atom is 0.249 e. The van der Waals surface area contributed by atoms with Crippen molar-refractivity contribution in [3.05, 3.63) is 54.4 Å². The Bertz CT molecular complexity index is 964. The molecule has 2 heterocycles. The molecule has 1 aromatic carbocycles. The van der Waals surface area contributed by atoms with Gasteiger partial charge in [0.1, 0.15) is 5.69 Å². The van der Waals surface area contributed by atoms with Crippen LogP contribution in [0.15, 0.2) is 53.3 Å². The number of aromatic nitrogens is 2. The van der Waals surface area contributed by atoms with E-state index >= 15 is 0 Å². The van der Waals surface area contributed by atoms with E-state index < -0.39 is 5.91 Å². The lowest BCUT2D eigenvalue weighted by molar-refractivity contribution is -0.117. The van der Waals surface area contributed by atoms with E-state index in [1.54, 1.807) is 48.8 Å². The molecule has 3 N–H and O–H groups in total. The van der Waals surface area contributed by atoms with Crippen LogP contribution in [0.3, 0.4) is 0 Å². The number of benzene rings is 1. The van der Waals surface area contributed by atoms with Crippen LogP contribution in [0.4, 0.5) is 5.88 Å². The Kier molecular flexibility index (Phi) is 5.30. The van der Waals surface area contributed by atoms with Crippen LogP contribution in [-0.2, 0) is 4.79 Å². The molecule has 0 bridgehead atoms. The van der Waals surface area contributed by atoms with Gasteiger partial charge in [0.15, 0.2) is 0 Å². The predicted octanol–water partition coefficient (Wildman–Crippen LogP) is 3.49. The Morgan fingerprint density at radius 2 is 1.85 bits per heavy atom. The zero-order valence-corrected chi connectivity index (χ0v) is 15.1. The average Bonchev–Trinajstić information content (AvgIpc) is 3.05. The summed E-state index contributed by atoms with van der Waals surface area (Å²) >= 11 is 0. The lowest BCUT2D eigenvalue weighted by Gasteiger charge is -2.10. The summed E-state index contributed by atoms with van der Waals surface area (Å²) in [6.07, 6.45) is 3.60. The van der Waals surface area contributed by atoms with Gasteiger partial charge in [0.05, 0.1) is 5.56 Å². The summed E-state index contributed by atoms with van der Waals surface area (Å²) < 4.78 is 5.44. The number of nitrogens with one attached hydrogen (secondary N) is 1. The summed E-state index contributed by atoms with van der Waals surface area (Å²) in [5.74, 6) is -0.401. The molecule has 2 aromatic heterocycles. The van der Waals surface area contributed by atoms with E-state index in [2.05, 4.69) is 15.5 Å². The molecule has 0 saturated heterocycles. The molecule has 7 heteroatoms. The highest BCUT2D eigenvalue weighted by Gasteiger charge is 2.24. The lowest BCUT2D eigenvalue weighted by atomic mass is 9.96. The zero-order valence-electron chi connectivity index (χ0n) is 15.1. The molecule has 2 amide bonds. The molecule has 0 aliphatic carbocycles. The number of hydrogen-bond acceptors (Lipinski definition) is 5. The summed E-state index contributed by atoms with van der Waals surface area (Å²) in [6, 6.07) is 10.4. The van der Waals surface area contributed by atoms with Crippen LogP contribution < -0.4 is 11.1 Å². The minimum atomic E-state index is -0.577. The van der Waals surface area contributed by atoms with Crippen molar-refractivity contribution < 1.29 is 14.1 Å². The van der Waals surface area contributed by atoms with E-state index in [9.17, 15) is 9.59 Å². The first-order valence-corrected chi connectivity index (χ1v) is 8.56. The van der Waals surface area contributed by atoms with Gasteiger partial charge in [-0.2, -0.15) is 0 Å². The van der Waals surface area contributed by atoms with Crippen molar-refractivity contribution in [2.24, 2.45) is 11.7 Å². The summed E-state index contributed by atoms with van der Waals surface area (Å²) in [6.45, 7) is 3.90. The SMILES string of the molecule is CC(C)CC(=O)Nc1onc(-c2ccncc2)c1-c1ccccc1C(N)=O. The fourth-order valence-corrected chi connectivity index (χ4v) is 2.80. The topological polar surface area (TPSA) is 111 Å². The van der Waals surface area contributed by atoms with Gasteiger partial charge in [-0.15, -0.1) is 0 Å². The van der Waals surface area contributed by atoms with Crippen molar-refractivity contribution in [2.75, 3.05) is 5.32 Å². The Hall–Kier alpha value is -3.48. The van der Waals surface area contributed by atoms with E-state index in [-0.39, 0.29) is 17.7 Å². The van der Waals surface area contributed by atoms with Crippen molar-refractivity contribution in [3.8, 4) is 22.4 Å². The molecule has 0 unspecified atom stereocenters. The van der Waals surface area contributed by atoms with E-state index in [1.807, 2.05) is 13.8 Å². The molecule has 138 valence electrons. The van der Waals surface area contributed by atoms with Gasteiger partial charge < -0.3 is 10.3 Å². The number of nitrogens with zero attached hydrogens (tertiary/aromatic N) is 2. The van der Waals surface area contributed by atoms with Crippen molar-refractivity contribution in [1.29, 1.82) is 0 Å². The van der Waals surface area contributed by atoms with Gasteiger partial charge in [0.2, 0.25) is 17.7 Å². The van der Waals surface area contributed by atoms with Gasteiger partial charge in [-0.05, 0) is 24.1 Å². The van der Waals surface area contributed by atoms with E-state index in [4.69, 9.17) is 10.3 Å². The maximum atomic E-state index is 12.3. The molecule has 0 radical (unpaired) electrons. The van der Waals surface area contributed by atoms with Crippen molar-refractivity contribution in [3.63, 3.8) is 0 Å². The van der Waals surface area contributed by atoms with E-state index in [0.29, 0.717) is 28.8 Å². The zero-order chi connectivity index (χ0) is 19.4. The fourth-order valence-electron chi connectivity index (χ4n) is 2.80. The fraction of sp³-hybridized carbons (Fsp3) is 0.200. The molecule has 0 fully saturated rings.